The van der Waals surface area contributed by atoms with Gasteiger partial charge in [0.25, 0.3) is 11.8 Å². The normalized spacial score (nSPS) is 16.5. The van der Waals surface area contributed by atoms with E-state index in [1.54, 1.807) is 6.92 Å². The Morgan fingerprint density at radius 1 is 1.26 bits per heavy atom. The van der Waals surface area contributed by atoms with Gasteiger partial charge in [0, 0.05) is 43.0 Å². The molecule has 1 aliphatic heterocycles. The number of rotatable bonds is 4. The molecule has 4 N–H and O–H groups in total. The molecule has 1 aromatic heterocycles. The van der Waals surface area contributed by atoms with E-state index in [4.69, 9.17) is 5.73 Å². The van der Waals surface area contributed by atoms with E-state index in [1.165, 1.54) is 9.47 Å². The summed E-state index contributed by atoms with van der Waals surface area (Å²) in [4.78, 5) is 39.2. The minimum Gasteiger partial charge on any atom is -0.503 e. The van der Waals surface area contributed by atoms with Gasteiger partial charge in [0.15, 0.2) is 11.4 Å². The number of carbonyl (C=O) groups is 2. The van der Waals surface area contributed by atoms with Gasteiger partial charge < -0.3 is 25.6 Å². The van der Waals surface area contributed by atoms with Gasteiger partial charge in [-0.1, -0.05) is 0 Å². The highest BCUT2D eigenvalue weighted by Crippen LogP contribution is 2.25. The number of benzene rings is 1. The van der Waals surface area contributed by atoms with Crippen LogP contribution in [0.15, 0.2) is 23.1 Å². The number of nitrogens with zero attached hydrogens (tertiary/aromatic N) is 2. The second-order valence-electron chi connectivity index (χ2n) is 7.25. The zero-order valence-electron chi connectivity index (χ0n) is 16.6. The standard InChI is InChI=1S/C20H21F3N4O4/c1-10-3-2-4-26(9-24)20(31)16-18(29)17(28)13(8-27(10)16)19(30)25-7-12-14(22)5-11(21)6-15(12)23/h5-6,8,10,29H,2-4,7,9,24H2,1H3,(H,25,30)/t10-/m0/s1. The molecule has 1 aliphatic rings. The molecule has 2 aromatic rings. The molecule has 0 spiro atoms. The number of hydrogen-bond donors (Lipinski definition) is 3. The van der Waals surface area contributed by atoms with Crippen LogP contribution in [0.2, 0.25) is 0 Å². The number of fused-ring (bicyclic) bond motifs is 1. The van der Waals surface area contributed by atoms with E-state index in [9.17, 15) is 32.7 Å². The molecule has 2 amide bonds. The highest BCUT2D eigenvalue weighted by molar-refractivity contribution is 5.98. The predicted octanol–water partition coefficient (Wildman–Crippen LogP) is 1.61. The minimum absolute atomic E-state index is 0.113. The van der Waals surface area contributed by atoms with Crippen LogP contribution in [-0.2, 0) is 6.54 Å². The fraction of sp³-hybridized carbons (Fsp3) is 0.350. The quantitative estimate of drug-likeness (QED) is 0.671. The Morgan fingerprint density at radius 3 is 2.52 bits per heavy atom. The van der Waals surface area contributed by atoms with Crippen molar-refractivity contribution in [3.8, 4) is 5.75 Å². The molecule has 166 valence electrons. The van der Waals surface area contributed by atoms with Gasteiger partial charge in [-0.05, 0) is 19.8 Å². The van der Waals surface area contributed by atoms with Crippen molar-refractivity contribution in [2.45, 2.75) is 32.4 Å². The average Bonchev–Trinajstić information content (AvgIpc) is 2.70. The maximum absolute atomic E-state index is 13.8. The van der Waals surface area contributed by atoms with Gasteiger partial charge in [0.05, 0.1) is 6.67 Å². The highest BCUT2D eigenvalue weighted by Gasteiger charge is 2.30. The maximum atomic E-state index is 13.8. The van der Waals surface area contributed by atoms with Gasteiger partial charge in [-0.15, -0.1) is 0 Å². The van der Waals surface area contributed by atoms with Crippen molar-refractivity contribution in [3.05, 3.63) is 62.8 Å². The van der Waals surface area contributed by atoms with E-state index in [2.05, 4.69) is 5.32 Å². The second kappa shape index (κ2) is 8.80. The molecule has 0 bridgehead atoms. The van der Waals surface area contributed by atoms with Crippen molar-refractivity contribution < 1.29 is 27.9 Å². The summed E-state index contributed by atoms with van der Waals surface area (Å²) in [7, 11) is 0. The molecule has 0 unspecified atom stereocenters. The van der Waals surface area contributed by atoms with Gasteiger partial charge >= 0.3 is 0 Å². The number of carbonyl (C=O) groups excluding carboxylic acids is 2. The fourth-order valence-corrected chi connectivity index (χ4v) is 3.49. The third kappa shape index (κ3) is 4.26. The summed E-state index contributed by atoms with van der Waals surface area (Å²) in [6.45, 7) is 1.33. The lowest BCUT2D eigenvalue weighted by atomic mass is 10.1. The lowest BCUT2D eigenvalue weighted by Crippen LogP contribution is -2.41. The van der Waals surface area contributed by atoms with Crippen LogP contribution in [0.5, 0.6) is 5.75 Å². The van der Waals surface area contributed by atoms with Crippen molar-refractivity contribution in [1.29, 1.82) is 0 Å². The molecule has 11 heteroatoms. The Hall–Kier alpha value is -3.34. The molecular weight excluding hydrogens is 417 g/mol. The Labute approximate surface area is 175 Å². The molecule has 0 saturated carbocycles. The summed E-state index contributed by atoms with van der Waals surface area (Å²) < 4.78 is 41.9. The van der Waals surface area contributed by atoms with Crippen molar-refractivity contribution in [2.24, 2.45) is 5.73 Å². The first kappa shape index (κ1) is 22.3. The van der Waals surface area contributed by atoms with E-state index in [1.807, 2.05) is 0 Å². The van der Waals surface area contributed by atoms with Gasteiger partial charge in [-0.25, -0.2) is 13.2 Å². The van der Waals surface area contributed by atoms with Crippen LogP contribution in [0.3, 0.4) is 0 Å². The number of nitrogens with two attached hydrogens (primary N) is 1. The molecule has 1 atom stereocenters. The molecule has 0 radical (unpaired) electrons. The van der Waals surface area contributed by atoms with Gasteiger partial charge in [0.1, 0.15) is 23.0 Å². The molecule has 0 fully saturated rings. The number of hydrogen-bond acceptors (Lipinski definition) is 5. The first-order valence-electron chi connectivity index (χ1n) is 9.54. The number of pyridine rings is 1. The van der Waals surface area contributed by atoms with Crippen molar-refractivity contribution in [1.82, 2.24) is 14.8 Å². The summed E-state index contributed by atoms with van der Waals surface area (Å²) in [6.07, 6.45) is 2.32. The zero-order chi connectivity index (χ0) is 22.9. The van der Waals surface area contributed by atoms with E-state index in [0.29, 0.717) is 31.5 Å². The first-order chi connectivity index (χ1) is 14.6. The predicted molar refractivity (Wildman–Crippen MR) is 104 cm³/mol. The highest BCUT2D eigenvalue weighted by atomic mass is 19.1. The SMILES string of the molecule is C[C@H]1CCCN(CN)C(=O)c2c(O)c(=O)c(C(=O)NCc3c(F)cc(F)cc3F)cn21. The summed E-state index contributed by atoms with van der Waals surface area (Å²) >= 11 is 0. The van der Waals surface area contributed by atoms with Crippen LogP contribution in [0.1, 0.15) is 52.2 Å². The Kier molecular flexibility index (Phi) is 6.34. The van der Waals surface area contributed by atoms with Gasteiger partial charge in [-0.3, -0.25) is 14.4 Å². The molecular formula is C20H21F3N4O4. The average molecular weight is 438 g/mol. The Balaban J connectivity index is 1.97. The summed E-state index contributed by atoms with van der Waals surface area (Å²) in [5.74, 6) is -6.08. The minimum atomic E-state index is -1.20. The van der Waals surface area contributed by atoms with E-state index >= 15 is 0 Å². The van der Waals surface area contributed by atoms with E-state index < -0.39 is 58.1 Å². The topological polar surface area (TPSA) is 118 Å². The lowest BCUT2D eigenvalue weighted by Gasteiger charge is -2.29. The first-order valence-corrected chi connectivity index (χ1v) is 9.54. The Morgan fingerprint density at radius 2 is 1.90 bits per heavy atom. The summed E-state index contributed by atoms with van der Waals surface area (Å²) in [5.41, 5.74) is 3.10. The fourth-order valence-electron chi connectivity index (χ4n) is 3.49. The van der Waals surface area contributed by atoms with Crippen molar-refractivity contribution >= 4 is 11.8 Å². The third-order valence-corrected chi connectivity index (χ3v) is 5.22. The van der Waals surface area contributed by atoms with Crippen LogP contribution < -0.4 is 16.5 Å². The molecule has 31 heavy (non-hydrogen) atoms. The van der Waals surface area contributed by atoms with Crippen LogP contribution in [0.4, 0.5) is 13.2 Å². The number of aromatic hydroxyl groups is 1. The van der Waals surface area contributed by atoms with E-state index in [0.717, 1.165) is 6.20 Å². The molecule has 2 heterocycles. The summed E-state index contributed by atoms with van der Waals surface area (Å²) in [5, 5.41) is 12.6. The number of amides is 2. The molecule has 1 aromatic carbocycles. The molecule has 0 saturated heterocycles. The largest absolute Gasteiger partial charge is 0.503 e. The maximum Gasteiger partial charge on any atom is 0.275 e. The zero-order valence-corrected chi connectivity index (χ0v) is 16.6. The molecule has 3 rings (SSSR count). The summed E-state index contributed by atoms with van der Waals surface area (Å²) in [6, 6.07) is 0.601. The molecule has 0 aliphatic carbocycles. The van der Waals surface area contributed by atoms with Crippen molar-refractivity contribution in [2.75, 3.05) is 13.2 Å². The van der Waals surface area contributed by atoms with Crippen LogP contribution in [0, 0.1) is 17.5 Å². The molecule has 8 nitrogen and oxygen atoms in total. The third-order valence-electron chi connectivity index (χ3n) is 5.22. The lowest BCUT2D eigenvalue weighted by molar-refractivity contribution is 0.0722. The monoisotopic (exact) mass is 438 g/mol. The van der Waals surface area contributed by atoms with Crippen LogP contribution in [-0.4, -0.2) is 39.6 Å². The smallest absolute Gasteiger partial charge is 0.275 e. The number of nitrogens with one attached hydrogen (secondary N) is 1. The van der Waals surface area contributed by atoms with Crippen LogP contribution in [0.25, 0.3) is 0 Å². The number of aromatic nitrogens is 1. The second-order valence-corrected chi connectivity index (χ2v) is 7.25. The van der Waals surface area contributed by atoms with Gasteiger partial charge in [0.2, 0.25) is 5.43 Å². The Bertz CT molecular complexity index is 1080. The van der Waals surface area contributed by atoms with Crippen LogP contribution >= 0.6 is 0 Å². The van der Waals surface area contributed by atoms with Gasteiger partial charge in [-0.2, -0.15) is 0 Å². The van der Waals surface area contributed by atoms with Crippen molar-refractivity contribution in [3.63, 3.8) is 0 Å². The number of halogens is 3. The van der Waals surface area contributed by atoms with E-state index in [-0.39, 0.29) is 18.4 Å².